The molecular weight excluding hydrogens is 350 g/mol. The summed E-state index contributed by atoms with van der Waals surface area (Å²) in [6.07, 6.45) is 2.07. The van der Waals surface area contributed by atoms with Gasteiger partial charge in [0.15, 0.2) is 0 Å². The number of carbonyl (C=O) groups is 1. The maximum absolute atomic E-state index is 12.7. The first-order chi connectivity index (χ1) is 11.5. The molecule has 2 aromatic rings. The van der Waals surface area contributed by atoms with E-state index < -0.39 is 10.0 Å². The van der Waals surface area contributed by atoms with E-state index >= 15 is 0 Å². The largest absolute Gasteiger partial charge is 0.365 e. The van der Waals surface area contributed by atoms with Crippen molar-refractivity contribution in [2.75, 3.05) is 26.2 Å². The highest BCUT2D eigenvalue weighted by atomic mass is 35.5. The minimum atomic E-state index is -3.63. The van der Waals surface area contributed by atoms with Crippen LogP contribution in [-0.2, 0) is 21.2 Å². The van der Waals surface area contributed by atoms with Crippen LogP contribution in [0.25, 0.3) is 0 Å². The molecule has 6 nitrogen and oxygen atoms in total. The van der Waals surface area contributed by atoms with E-state index in [0.29, 0.717) is 19.5 Å². The lowest BCUT2D eigenvalue weighted by atomic mass is 10.2. The van der Waals surface area contributed by atoms with Crippen molar-refractivity contribution >= 4 is 27.5 Å². The smallest absolute Gasteiger partial charge is 0.244 e. The highest BCUT2D eigenvalue weighted by Crippen LogP contribution is 2.25. The first-order valence-corrected chi connectivity index (χ1v) is 9.45. The van der Waals surface area contributed by atoms with Gasteiger partial charge in [-0.1, -0.05) is 23.7 Å². The molecule has 1 aromatic heterocycles. The number of aromatic nitrogens is 1. The van der Waals surface area contributed by atoms with Gasteiger partial charge in [-0.25, -0.2) is 8.42 Å². The number of rotatable bonds is 4. The quantitative estimate of drug-likeness (QED) is 0.894. The van der Waals surface area contributed by atoms with Gasteiger partial charge in [0.05, 0.1) is 11.4 Å². The number of carbonyl (C=O) groups excluding carboxylic acids is 1. The summed E-state index contributed by atoms with van der Waals surface area (Å²) < 4.78 is 26.7. The fourth-order valence-electron chi connectivity index (χ4n) is 2.72. The molecular formula is C16H18ClN3O3S. The molecule has 1 aliphatic heterocycles. The zero-order chi connectivity index (χ0) is 17.2. The van der Waals surface area contributed by atoms with Gasteiger partial charge in [-0.15, -0.1) is 0 Å². The molecule has 0 aliphatic carbocycles. The predicted molar refractivity (Wildman–Crippen MR) is 91.3 cm³/mol. The van der Waals surface area contributed by atoms with Crippen LogP contribution >= 0.6 is 11.6 Å². The molecule has 128 valence electrons. The minimum Gasteiger partial charge on any atom is -0.365 e. The zero-order valence-electron chi connectivity index (χ0n) is 13.0. The van der Waals surface area contributed by atoms with Crippen LogP contribution in [0.3, 0.4) is 0 Å². The Bertz CT molecular complexity index is 813. The Hall–Kier alpha value is -1.83. The molecule has 0 atom stereocenters. The summed E-state index contributed by atoms with van der Waals surface area (Å²) in [5.41, 5.74) is 0.853. The number of nitrogens with zero attached hydrogens (tertiary/aromatic N) is 2. The predicted octanol–water partition coefficient (Wildman–Crippen LogP) is 1.74. The van der Waals surface area contributed by atoms with Crippen molar-refractivity contribution in [1.82, 2.24) is 14.2 Å². The third kappa shape index (κ3) is 3.48. The summed E-state index contributed by atoms with van der Waals surface area (Å²) in [7, 11) is -3.63. The van der Waals surface area contributed by atoms with E-state index in [0.717, 1.165) is 5.69 Å². The fraction of sp³-hybridized carbons (Fsp3) is 0.312. The molecule has 0 saturated carbocycles. The summed E-state index contributed by atoms with van der Waals surface area (Å²) in [4.78, 5) is 17.1. The number of benzene rings is 1. The standard InChI is InChI=1S/C16H18ClN3O3S/c17-14-5-1-2-6-15(14)24(22,23)20-10-8-19(9-11-20)16(21)12-13-4-3-7-18-13/h1-7,18H,8-12H2. The highest BCUT2D eigenvalue weighted by molar-refractivity contribution is 7.89. The van der Waals surface area contributed by atoms with Crippen LogP contribution < -0.4 is 0 Å². The lowest BCUT2D eigenvalue weighted by Crippen LogP contribution is -2.50. The third-order valence-corrected chi connectivity index (χ3v) is 6.45. The van der Waals surface area contributed by atoms with E-state index in [4.69, 9.17) is 11.6 Å². The van der Waals surface area contributed by atoms with Crippen molar-refractivity contribution in [3.63, 3.8) is 0 Å². The second-order valence-corrected chi connectivity index (χ2v) is 7.90. The van der Waals surface area contributed by atoms with Crippen LogP contribution in [0.1, 0.15) is 5.69 Å². The summed E-state index contributed by atoms with van der Waals surface area (Å²) in [5, 5.41) is 0.211. The molecule has 1 amide bonds. The van der Waals surface area contributed by atoms with Gasteiger partial charge in [-0.05, 0) is 24.3 Å². The summed E-state index contributed by atoms with van der Waals surface area (Å²) in [6, 6.07) is 10.1. The molecule has 1 saturated heterocycles. The van der Waals surface area contributed by atoms with Gasteiger partial charge >= 0.3 is 0 Å². The van der Waals surface area contributed by atoms with Gasteiger partial charge in [-0.3, -0.25) is 4.79 Å². The Kier molecular flexibility index (Phi) is 4.93. The highest BCUT2D eigenvalue weighted by Gasteiger charge is 2.31. The number of hydrogen-bond acceptors (Lipinski definition) is 3. The lowest BCUT2D eigenvalue weighted by Gasteiger charge is -2.34. The van der Waals surface area contributed by atoms with Crippen LogP contribution in [0.4, 0.5) is 0 Å². The van der Waals surface area contributed by atoms with Gasteiger partial charge < -0.3 is 9.88 Å². The first-order valence-electron chi connectivity index (χ1n) is 7.63. The lowest BCUT2D eigenvalue weighted by molar-refractivity contribution is -0.131. The molecule has 24 heavy (non-hydrogen) atoms. The van der Waals surface area contributed by atoms with Gasteiger partial charge in [0.1, 0.15) is 4.90 Å². The van der Waals surface area contributed by atoms with E-state index in [1.54, 1.807) is 29.3 Å². The summed E-state index contributed by atoms with van der Waals surface area (Å²) >= 11 is 6.01. The third-order valence-electron chi connectivity index (χ3n) is 4.05. The van der Waals surface area contributed by atoms with Crippen LogP contribution in [0, 0.1) is 0 Å². The number of H-pyrrole nitrogens is 1. The summed E-state index contributed by atoms with van der Waals surface area (Å²) in [5.74, 6) is -0.00718. The van der Waals surface area contributed by atoms with Crippen molar-refractivity contribution in [3.05, 3.63) is 53.3 Å². The van der Waals surface area contributed by atoms with Crippen molar-refractivity contribution in [1.29, 1.82) is 0 Å². The molecule has 0 unspecified atom stereocenters. The number of sulfonamides is 1. The van der Waals surface area contributed by atoms with E-state index in [2.05, 4.69) is 4.98 Å². The molecule has 1 aliphatic rings. The van der Waals surface area contributed by atoms with E-state index in [1.807, 2.05) is 12.1 Å². The van der Waals surface area contributed by atoms with Crippen LogP contribution in [0.15, 0.2) is 47.5 Å². The molecule has 1 fully saturated rings. The second kappa shape index (κ2) is 6.96. The molecule has 2 heterocycles. The Labute approximate surface area is 146 Å². The summed E-state index contributed by atoms with van der Waals surface area (Å²) in [6.45, 7) is 1.29. The van der Waals surface area contributed by atoms with Crippen molar-refractivity contribution in [2.45, 2.75) is 11.3 Å². The molecule has 1 N–H and O–H groups in total. The van der Waals surface area contributed by atoms with E-state index in [9.17, 15) is 13.2 Å². The SMILES string of the molecule is O=C(Cc1ccc[nH]1)N1CCN(S(=O)(=O)c2ccccc2Cl)CC1. The Morgan fingerprint density at radius 2 is 1.79 bits per heavy atom. The molecule has 0 radical (unpaired) electrons. The zero-order valence-corrected chi connectivity index (χ0v) is 14.6. The van der Waals surface area contributed by atoms with Crippen molar-refractivity contribution < 1.29 is 13.2 Å². The Morgan fingerprint density at radius 3 is 2.42 bits per heavy atom. The van der Waals surface area contributed by atoms with Crippen LogP contribution in [-0.4, -0.2) is 54.7 Å². The van der Waals surface area contributed by atoms with Gasteiger partial charge in [0.2, 0.25) is 15.9 Å². The fourth-order valence-corrected chi connectivity index (χ4v) is 4.64. The topological polar surface area (TPSA) is 73.5 Å². The number of halogens is 1. The molecule has 3 rings (SSSR count). The first kappa shape index (κ1) is 17.0. The molecule has 0 spiro atoms. The molecule has 1 aromatic carbocycles. The van der Waals surface area contributed by atoms with Gasteiger partial charge in [-0.2, -0.15) is 4.31 Å². The monoisotopic (exact) mass is 367 g/mol. The van der Waals surface area contributed by atoms with Crippen LogP contribution in [0.5, 0.6) is 0 Å². The maximum atomic E-state index is 12.7. The van der Waals surface area contributed by atoms with Crippen molar-refractivity contribution in [2.24, 2.45) is 0 Å². The van der Waals surface area contributed by atoms with E-state index in [-0.39, 0.29) is 28.9 Å². The van der Waals surface area contributed by atoms with Crippen LogP contribution in [0.2, 0.25) is 5.02 Å². The number of amides is 1. The average Bonchev–Trinajstić information content (AvgIpc) is 3.08. The Balaban J connectivity index is 1.64. The number of aromatic amines is 1. The van der Waals surface area contributed by atoms with Crippen molar-refractivity contribution in [3.8, 4) is 0 Å². The normalized spacial score (nSPS) is 16.3. The number of hydrogen-bond donors (Lipinski definition) is 1. The van der Waals surface area contributed by atoms with E-state index in [1.165, 1.54) is 10.4 Å². The number of piperazine rings is 1. The maximum Gasteiger partial charge on any atom is 0.244 e. The second-order valence-electron chi connectivity index (χ2n) is 5.59. The van der Waals surface area contributed by atoms with Gasteiger partial charge in [0, 0.05) is 38.1 Å². The average molecular weight is 368 g/mol. The molecule has 0 bridgehead atoms. The Morgan fingerprint density at radius 1 is 1.08 bits per heavy atom. The van der Waals surface area contributed by atoms with Gasteiger partial charge in [0.25, 0.3) is 0 Å². The molecule has 8 heteroatoms. The minimum absolute atomic E-state index is 0.00718. The number of nitrogens with one attached hydrogen (secondary N) is 1.